The average Bonchev–Trinajstić information content (AvgIpc) is 3.17. The second kappa shape index (κ2) is 7.20. The quantitative estimate of drug-likeness (QED) is 0.536. The van der Waals surface area contributed by atoms with Crippen molar-refractivity contribution in [3.8, 4) is 5.75 Å². The standard InChI is InChI=1S/C19H11F2N3O3S/c20-14-4-2-11(8-15(14)21)23-18-13(17(26)24-19-22-5-6-28-19)7-10-1-3-12(25)9-16(10)27-18/h1-9,25H,(H,22,24,26). The highest BCUT2D eigenvalue weighted by molar-refractivity contribution is 7.13. The van der Waals surface area contributed by atoms with Gasteiger partial charge in [-0.1, -0.05) is 0 Å². The number of thiazole rings is 1. The number of carbonyl (C=O) groups excluding carboxylic acids is 1. The lowest BCUT2D eigenvalue weighted by atomic mass is 10.1. The molecule has 4 rings (SSSR count). The molecule has 4 aromatic rings. The highest BCUT2D eigenvalue weighted by atomic mass is 32.1. The minimum atomic E-state index is -1.08. The Morgan fingerprint density at radius 1 is 1.14 bits per heavy atom. The summed E-state index contributed by atoms with van der Waals surface area (Å²) in [5, 5.41) is 14.9. The van der Waals surface area contributed by atoms with Gasteiger partial charge >= 0.3 is 0 Å². The first-order chi connectivity index (χ1) is 13.5. The second-order valence-electron chi connectivity index (χ2n) is 5.69. The van der Waals surface area contributed by atoms with Gasteiger partial charge in [-0.3, -0.25) is 10.1 Å². The Morgan fingerprint density at radius 3 is 2.75 bits per heavy atom. The smallest absolute Gasteiger partial charge is 0.262 e. The molecule has 2 aromatic heterocycles. The third-order valence-corrected chi connectivity index (χ3v) is 4.45. The van der Waals surface area contributed by atoms with Crippen LogP contribution in [0.3, 0.4) is 0 Å². The molecule has 0 fully saturated rings. The van der Waals surface area contributed by atoms with Gasteiger partial charge in [-0.15, -0.1) is 11.3 Å². The van der Waals surface area contributed by atoms with Gasteiger partial charge in [-0.2, -0.15) is 0 Å². The zero-order valence-corrected chi connectivity index (χ0v) is 14.8. The van der Waals surface area contributed by atoms with Gasteiger partial charge in [0.2, 0.25) is 5.55 Å². The van der Waals surface area contributed by atoms with Crippen LogP contribution in [-0.2, 0) is 0 Å². The molecule has 0 radical (unpaired) electrons. The molecule has 2 N–H and O–H groups in total. The SMILES string of the molecule is O=C(Nc1nccs1)c1cc2ccc(O)cc2oc1=Nc1ccc(F)c(F)c1. The third kappa shape index (κ3) is 3.60. The van der Waals surface area contributed by atoms with Gasteiger partial charge < -0.3 is 9.52 Å². The molecule has 2 aromatic carbocycles. The first kappa shape index (κ1) is 17.8. The maximum atomic E-state index is 13.5. The Kier molecular flexibility index (Phi) is 4.58. The number of aromatic nitrogens is 1. The van der Waals surface area contributed by atoms with E-state index in [4.69, 9.17) is 4.42 Å². The Bertz CT molecular complexity index is 1250. The maximum Gasteiger partial charge on any atom is 0.262 e. The molecule has 6 nitrogen and oxygen atoms in total. The lowest BCUT2D eigenvalue weighted by Gasteiger charge is -2.05. The molecule has 2 heterocycles. The fourth-order valence-corrected chi connectivity index (χ4v) is 3.00. The zero-order chi connectivity index (χ0) is 19.7. The van der Waals surface area contributed by atoms with Gasteiger partial charge in [0, 0.05) is 29.1 Å². The topological polar surface area (TPSA) is 87.7 Å². The van der Waals surface area contributed by atoms with Crippen molar-refractivity contribution in [2.24, 2.45) is 4.99 Å². The summed E-state index contributed by atoms with van der Waals surface area (Å²) in [6.07, 6.45) is 1.54. The third-order valence-electron chi connectivity index (χ3n) is 3.77. The van der Waals surface area contributed by atoms with Gasteiger partial charge in [0.25, 0.3) is 5.91 Å². The summed E-state index contributed by atoms with van der Waals surface area (Å²) in [4.78, 5) is 20.8. The highest BCUT2D eigenvalue weighted by Gasteiger charge is 2.15. The Hall–Kier alpha value is -3.59. The van der Waals surface area contributed by atoms with Crippen LogP contribution in [0.5, 0.6) is 5.75 Å². The van der Waals surface area contributed by atoms with E-state index in [9.17, 15) is 18.7 Å². The van der Waals surface area contributed by atoms with E-state index in [1.54, 1.807) is 17.6 Å². The van der Waals surface area contributed by atoms with Crippen LogP contribution in [0.15, 0.2) is 63.5 Å². The number of anilines is 1. The molecule has 0 aliphatic rings. The molecule has 140 valence electrons. The molecule has 0 bridgehead atoms. The van der Waals surface area contributed by atoms with Crippen molar-refractivity contribution < 1.29 is 23.1 Å². The van der Waals surface area contributed by atoms with Crippen LogP contribution in [0, 0.1) is 11.6 Å². The number of halogens is 2. The van der Waals surface area contributed by atoms with Crippen LogP contribution in [0.2, 0.25) is 0 Å². The number of benzene rings is 2. The van der Waals surface area contributed by atoms with E-state index in [0.717, 1.165) is 12.1 Å². The predicted molar refractivity (Wildman–Crippen MR) is 99.5 cm³/mol. The second-order valence-corrected chi connectivity index (χ2v) is 6.58. The highest BCUT2D eigenvalue weighted by Crippen LogP contribution is 2.21. The number of amides is 1. The summed E-state index contributed by atoms with van der Waals surface area (Å²) in [7, 11) is 0. The number of fused-ring (bicyclic) bond motifs is 1. The predicted octanol–water partition coefficient (Wildman–Crippen LogP) is 4.36. The minimum absolute atomic E-state index is 0.0324. The number of aromatic hydroxyl groups is 1. The number of phenolic OH excluding ortho intramolecular Hbond substituents is 1. The molecule has 0 unspecified atom stereocenters. The summed E-state index contributed by atoms with van der Waals surface area (Å²) in [6, 6.07) is 8.99. The summed E-state index contributed by atoms with van der Waals surface area (Å²) in [6.45, 7) is 0. The number of rotatable bonds is 3. The molecular formula is C19H11F2N3O3S. The summed E-state index contributed by atoms with van der Waals surface area (Å²) in [5.41, 5.74) is 0.272. The summed E-state index contributed by atoms with van der Waals surface area (Å²) >= 11 is 1.24. The Labute approximate surface area is 160 Å². The monoisotopic (exact) mass is 399 g/mol. The molecule has 9 heteroatoms. The molecule has 1 amide bonds. The van der Waals surface area contributed by atoms with Crippen molar-refractivity contribution in [3.05, 3.63) is 76.8 Å². The molecule has 0 saturated carbocycles. The van der Waals surface area contributed by atoms with Crippen molar-refractivity contribution in [2.75, 3.05) is 5.32 Å². The van der Waals surface area contributed by atoms with Crippen LogP contribution < -0.4 is 10.9 Å². The lowest BCUT2D eigenvalue weighted by molar-refractivity contribution is 0.102. The first-order valence-corrected chi connectivity index (χ1v) is 8.85. The summed E-state index contributed by atoms with van der Waals surface area (Å²) in [5.74, 6) is -2.65. The zero-order valence-electron chi connectivity index (χ0n) is 14.0. The normalized spacial score (nSPS) is 11.7. The average molecular weight is 399 g/mol. The number of phenols is 1. The number of nitrogens with zero attached hydrogens (tertiary/aromatic N) is 2. The number of carbonyl (C=O) groups is 1. The largest absolute Gasteiger partial charge is 0.508 e. The number of hydrogen-bond donors (Lipinski definition) is 2. The van der Waals surface area contributed by atoms with Crippen LogP contribution in [0.1, 0.15) is 10.4 Å². The van der Waals surface area contributed by atoms with Crippen molar-refractivity contribution in [3.63, 3.8) is 0 Å². The molecule has 28 heavy (non-hydrogen) atoms. The van der Waals surface area contributed by atoms with E-state index in [0.29, 0.717) is 10.5 Å². The van der Waals surface area contributed by atoms with E-state index in [1.165, 1.54) is 35.6 Å². The summed E-state index contributed by atoms with van der Waals surface area (Å²) < 4.78 is 32.4. The van der Waals surface area contributed by atoms with Gasteiger partial charge in [0.05, 0.1) is 5.69 Å². The number of nitrogens with one attached hydrogen (secondary N) is 1. The Morgan fingerprint density at radius 2 is 2.00 bits per heavy atom. The van der Waals surface area contributed by atoms with E-state index in [-0.39, 0.29) is 28.1 Å². The Balaban J connectivity index is 1.89. The van der Waals surface area contributed by atoms with Crippen molar-refractivity contribution in [2.45, 2.75) is 0 Å². The van der Waals surface area contributed by atoms with Crippen LogP contribution in [0.4, 0.5) is 19.6 Å². The molecular weight excluding hydrogens is 388 g/mol. The van der Waals surface area contributed by atoms with Gasteiger partial charge in [-0.05, 0) is 30.3 Å². The molecule has 0 atom stereocenters. The van der Waals surface area contributed by atoms with Crippen molar-refractivity contribution in [1.82, 2.24) is 4.98 Å². The lowest BCUT2D eigenvalue weighted by Crippen LogP contribution is -2.21. The van der Waals surface area contributed by atoms with E-state index in [2.05, 4.69) is 15.3 Å². The molecule has 0 aliphatic carbocycles. The van der Waals surface area contributed by atoms with E-state index < -0.39 is 17.5 Å². The van der Waals surface area contributed by atoms with Crippen molar-refractivity contribution >= 4 is 39.0 Å². The first-order valence-electron chi connectivity index (χ1n) is 7.97. The van der Waals surface area contributed by atoms with Gasteiger partial charge in [-0.25, -0.2) is 18.8 Å². The molecule has 0 saturated heterocycles. The fourth-order valence-electron chi connectivity index (χ4n) is 2.47. The van der Waals surface area contributed by atoms with Crippen LogP contribution >= 0.6 is 11.3 Å². The van der Waals surface area contributed by atoms with Gasteiger partial charge in [0.1, 0.15) is 16.9 Å². The number of hydrogen-bond acceptors (Lipinski definition) is 6. The van der Waals surface area contributed by atoms with E-state index in [1.807, 2.05) is 0 Å². The van der Waals surface area contributed by atoms with Crippen molar-refractivity contribution in [1.29, 1.82) is 0 Å². The molecule has 0 spiro atoms. The van der Waals surface area contributed by atoms with Crippen LogP contribution in [0.25, 0.3) is 11.0 Å². The van der Waals surface area contributed by atoms with E-state index >= 15 is 0 Å². The minimum Gasteiger partial charge on any atom is -0.508 e. The van der Waals surface area contributed by atoms with Gasteiger partial charge in [0.15, 0.2) is 16.8 Å². The molecule has 0 aliphatic heterocycles. The van der Waals surface area contributed by atoms with Crippen LogP contribution in [-0.4, -0.2) is 16.0 Å². The maximum absolute atomic E-state index is 13.5. The fraction of sp³-hybridized carbons (Fsp3) is 0.